The Hall–Kier alpha value is -2.96. The maximum absolute atomic E-state index is 15.4. The van der Waals surface area contributed by atoms with E-state index in [1.165, 1.54) is 11.1 Å². The van der Waals surface area contributed by atoms with Crippen LogP contribution < -0.4 is 10.6 Å². The number of hydrogen-bond donors (Lipinski definition) is 1. The molecule has 0 radical (unpaired) electrons. The molecule has 2 N–H and O–H groups in total. The molecule has 3 rings (SSSR count). The van der Waals surface area contributed by atoms with Crippen molar-refractivity contribution in [3.05, 3.63) is 41.3 Å². The predicted octanol–water partition coefficient (Wildman–Crippen LogP) is 5.00. The van der Waals surface area contributed by atoms with E-state index in [1.807, 2.05) is 13.8 Å². The second-order valence-corrected chi connectivity index (χ2v) is 8.98. The normalized spacial score (nSPS) is 13.5. The zero-order valence-corrected chi connectivity index (χ0v) is 18.1. The molecule has 0 spiro atoms. The zero-order chi connectivity index (χ0) is 22.2. The van der Waals surface area contributed by atoms with Crippen molar-refractivity contribution in [1.29, 1.82) is 0 Å². The highest BCUT2D eigenvalue weighted by Gasteiger charge is 2.31. The summed E-state index contributed by atoms with van der Waals surface area (Å²) in [5.41, 5.74) is 7.32. The number of halogens is 1. The van der Waals surface area contributed by atoms with Gasteiger partial charge in [0.1, 0.15) is 17.2 Å². The van der Waals surface area contributed by atoms with E-state index in [2.05, 4.69) is 4.98 Å². The summed E-state index contributed by atoms with van der Waals surface area (Å²) in [5.74, 6) is -0.222. The number of anilines is 2. The lowest BCUT2D eigenvalue weighted by Crippen LogP contribution is -2.35. The SMILES string of the molecule is CC(C)CC(=O)c1cc(-c2ccc3c(c2F)CCN3C(=O)OC(C)(C)C)cnc1N. The van der Waals surface area contributed by atoms with Crippen molar-refractivity contribution in [3.8, 4) is 11.1 Å². The summed E-state index contributed by atoms with van der Waals surface area (Å²) in [6, 6.07) is 4.90. The maximum Gasteiger partial charge on any atom is 0.414 e. The van der Waals surface area contributed by atoms with Crippen molar-refractivity contribution in [1.82, 2.24) is 4.98 Å². The van der Waals surface area contributed by atoms with Crippen LogP contribution in [0.2, 0.25) is 0 Å². The van der Waals surface area contributed by atoms with Crippen molar-refractivity contribution in [2.24, 2.45) is 5.92 Å². The molecule has 1 amide bonds. The van der Waals surface area contributed by atoms with Gasteiger partial charge in [-0.3, -0.25) is 9.69 Å². The van der Waals surface area contributed by atoms with Gasteiger partial charge in [0.15, 0.2) is 5.78 Å². The Bertz CT molecular complexity index is 996. The van der Waals surface area contributed by atoms with Gasteiger partial charge in [-0.1, -0.05) is 13.8 Å². The number of carbonyl (C=O) groups excluding carboxylic acids is 2. The van der Waals surface area contributed by atoms with Gasteiger partial charge >= 0.3 is 6.09 Å². The van der Waals surface area contributed by atoms with Crippen LogP contribution in [0, 0.1) is 11.7 Å². The quantitative estimate of drug-likeness (QED) is 0.713. The largest absolute Gasteiger partial charge is 0.443 e. The van der Waals surface area contributed by atoms with Gasteiger partial charge in [-0.05, 0) is 51.3 Å². The number of ketones is 1. The van der Waals surface area contributed by atoms with Crippen LogP contribution in [-0.4, -0.2) is 29.0 Å². The molecule has 7 heteroatoms. The van der Waals surface area contributed by atoms with Gasteiger partial charge in [-0.2, -0.15) is 0 Å². The van der Waals surface area contributed by atoms with E-state index in [0.717, 1.165) is 0 Å². The first-order chi connectivity index (χ1) is 14.0. The Kier molecular flexibility index (Phi) is 5.83. The molecular formula is C23H28FN3O3. The van der Waals surface area contributed by atoms with E-state index >= 15 is 4.39 Å². The molecule has 0 saturated carbocycles. The van der Waals surface area contributed by atoms with E-state index in [-0.39, 0.29) is 17.5 Å². The molecule has 160 valence electrons. The number of benzene rings is 1. The van der Waals surface area contributed by atoms with Gasteiger partial charge in [0.05, 0.1) is 11.3 Å². The number of fused-ring (bicyclic) bond motifs is 1. The molecule has 1 aliphatic heterocycles. The van der Waals surface area contributed by atoms with E-state index in [1.54, 1.807) is 39.0 Å². The number of nitrogens with two attached hydrogens (primary N) is 1. The molecule has 6 nitrogen and oxygen atoms in total. The molecule has 0 fully saturated rings. The minimum absolute atomic E-state index is 0.116. The molecule has 2 aromatic rings. The maximum atomic E-state index is 15.4. The van der Waals surface area contributed by atoms with Crippen LogP contribution in [0.4, 0.5) is 20.7 Å². The van der Waals surface area contributed by atoms with E-state index in [0.29, 0.717) is 47.3 Å². The van der Waals surface area contributed by atoms with Crippen molar-refractivity contribution >= 4 is 23.4 Å². The fourth-order valence-electron chi connectivity index (χ4n) is 3.50. The van der Waals surface area contributed by atoms with Crippen LogP contribution in [0.25, 0.3) is 11.1 Å². The topological polar surface area (TPSA) is 85.5 Å². The fourth-order valence-corrected chi connectivity index (χ4v) is 3.50. The van der Waals surface area contributed by atoms with E-state index in [4.69, 9.17) is 10.5 Å². The van der Waals surface area contributed by atoms with E-state index < -0.39 is 17.5 Å². The lowest BCUT2D eigenvalue weighted by molar-refractivity contribution is 0.0583. The Labute approximate surface area is 176 Å². The van der Waals surface area contributed by atoms with Gasteiger partial charge < -0.3 is 10.5 Å². The number of hydrogen-bond acceptors (Lipinski definition) is 5. The van der Waals surface area contributed by atoms with Gasteiger partial charge in [0.2, 0.25) is 0 Å². The number of nitrogens with zero attached hydrogens (tertiary/aromatic N) is 2. The van der Waals surface area contributed by atoms with Gasteiger partial charge in [0, 0.05) is 35.9 Å². The average Bonchev–Trinajstić information content (AvgIpc) is 3.06. The van der Waals surface area contributed by atoms with Crippen molar-refractivity contribution < 1.29 is 18.7 Å². The summed E-state index contributed by atoms with van der Waals surface area (Å²) in [4.78, 5) is 30.5. The molecule has 0 saturated heterocycles. The number of rotatable bonds is 4. The predicted molar refractivity (Wildman–Crippen MR) is 115 cm³/mol. The van der Waals surface area contributed by atoms with Crippen molar-refractivity contribution in [2.45, 2.75) is 53.1 Å². The third-order valence-corrected chi connectivity index (χ3v) is 4.83. The van der Waals surface area contributed by atoms with E-state index in [9.17, 15) is 9.59 Å². The minimum atomic E-state index is -0.632. The van der Waals surface area contributed by atoms with Crippen LogP contribution >= 0.6 is 0 Å². The molecule has 1 aliphatic rings. The third-order valence-electron chi connectivity index (χ3n) is 4.83. The molecule has 0 unspecified atom stereocenters. The summed E-state index contributed by atoms with van der Waals surface area (Å²) < 4.78 is 20.8. The van der Waals surface area contributed by atoms with Crippen LogP contribution in [0.3, 0.4) is 0 Å². The molecule has 2 heterocycles. The summed E-state index contributed by atoms with van der Waals surface area (Å²) >= 11 is 0. The smallest absolute Gasteiger partial charge is 0.414 e. The van der Waals surface area contributed by atoms with Crippen molar-refractivity contribution in [3.63, 3.8) is 0 Å². The highest BCUT2D eigenvalue weighted by atomic mass is 19.1. The summed E-state index contributed by atoms with van der Waals surface area (Å²) in [6.07, 6.45) is 1.69. The highest BCUT2D eigenvalue weighted by Crippen LogP contribution is 2.37. The lowest BCUT2D eigenvalue weighted by atomic mass is 9.97. The first kappa shape index (κ1) is 21.7. The lowest BCUT2D eigenvalue weighted by Gasteiger charge is -2.25. The second kappa shape index (κ2) is 8.05. The summed E-state index contributed by atoms with van der Waals surface area (Å²) in [5, 5.41) is 0. The van der Waals surface area contributed by atoms with Crippen LogP contribution in [-0.2, 0) is 11.2 Å². The molecule has 0 aliphatic carbocycles. The molecule has 0 atom stereocenters. The standard InChI is InChI=1S/C23H28FN3O3/c1-13(2)10-19(28)17-11-14(12-26-21(17)25)15-6-7-18-16(20(15)24)8-9-27(18)22(29)30-23(3,4)5/h6-7,11-13H,8-10H2,1-5H3,(H2,25,26). The number of carbonyl (C=O) groups is 2. The van der Waals surface area contributed by atoms with Gasteiger partial charge in [-0.15, -0.1) is 0 Å². The third kappa shape index (κ3) is 4.45. The number of amides is 1. The molecule has 30 heavy (non-hydrogen) atoms. The summed E-state index contributed by atoms with van der Waals surface area (Å²) in [6.45, 7) is 9.61. The minimum Gasteiger partial charge on any atom is -0.443 e. The Morgan fingerprint density at radius 2 is 2.00 bits per heavy atom. The van der Waals surface area contributed by atoms with Gasteiger partial charge in [0.25, 0.3) is 0 Å². The second-order valence-electron chi connectivity index (χ2n) is 8.98. The fraction of sp³-hybridized carbons (Fsp3) is 0.435. The zero-order valence-electron chi connectivity index (χ0n) is 18.1. The van der Waals surface area contributed by atoms with Crippen LogP contribution in [0.5, 0.6) is 0 Å². The average molecular weight is 413 g/mol. The number of pyridine rings is 1. The number of aromatic nitrogens is 1. The number of Topliss-reactive ketones (excluding diaryl/α,β-unsaturated/α-hetero) is 1. The first-order valence-corrected chi connectivity index (χ1v) is 10.1. The Morgan fingerprint density at radius 3 is 2.63 bits per heavy atom. The molecule has 1 aromatic carbocycles. The van der Waals surface area contributed by atoms with Crippen LogP contribution in [0.1, 0.15) is 57.0 Å². The van der Waals surface area contributed by atoms with Crippen molar-refractivity contribution in [2.75, 3.05) is 17.2 Å². The molecule has 1 aromatic heterocycles. The van der Waals surface area contributed by atoms with Crippen LogP contribution in [0.15, 0.2) is 24.4 Å². The number of nitrogen functional groups attached to an aromatic ring is 1. The Balaban J connectivity index is 1.95. The first-order valence-electron chi connectivity index (χ1n) is 10.1. The number of ether oxygens (including phenoxy) is 1. The Morgan fingerprint density at radius 1 is 1.30 bits per heavy atom. The van der Waals surface area contributed by atoms with Gasteiger partial charge in [-0.25, -0.2) is 14.2 Å². The molecular weight excluding hydrogens is 385 g/mol. The molecule has 0 bridgehead atoms. The summed E-state index contributed by atoms with van der Waals surface area (Å²) in [7, 11) is 0. The monoisotopic (exact) mass is 413 g/mol. The highest BCUT2D eigenvalue weighted by molar-refractivity contribution is 6.01.